The van der Waals surface area contributed by atoms with Gasteiger partial charge in [-0.1, -0.05) is 170 Å². The minimum atomic E-state index is -0.107. The number of halogens is 1. The highest BCUT2D eigenvalue weighted by Gasteiger charge is 2.15. The van der Waals surface area contributed by atoms with Crippen molar-refractivity contribution < 1.29 is 14.7 Å². The molecule has 0 amide bonds. The van der Waals surface area contributed by atoms with Crippen molar-refractivity contribution in [3.05, 3.63) is 0 Å². The van der Waals surface area contributed by atoms with E-state index in [1.807, 2.05) is 20.8 Å². The molecule has 0 radical (unpaired) electrons. The molecule has 1 saturated carbocycles. The fourth-order valence-electron chi connectivity index (χ4n) is 4.61. The van der Waals surface area contributed by atoms with Crippen molar-refractivity contribution in [2.75, 3.05) is 0 Å². The van der Waals surface area contributed by atoms with Crippen molar-refractivity contribution in [2.45, 2.75) is 215 Å². The second-order valence-corrected chi connectivity index (χ2v) is 13.0. The number of unbranched alkanes of at least 4 members (excludes halogenated alkanes) is 10. The van der Waals surface area contributed by atoms with Crippen LogP contribution in [0.3, 0.4) is 0 Å². The summed E-state index contributed by atoms with van der Waals surface area (Å²) >= 11 is 5.58. The van der Waals surface area contributed by atoms with Crippen LogP contribution in [0.2, 0.25) is 0 Å². The molecule has 0 heterocycles. The highest BCUT2D eigenvalue weighted by atomic mass is 35.5. The molecular formula is C37H75ClO3. The molecule has 1 rings (SSSR count). The molecule has 1 aliphatic carbocycles. The fraction of sp³-hybridized carbons (Fsp3) is 0.946. The van der Waals surface area contributed by atoms with Crippen LogP contribution < -0.4 is 0 Å². The highest BCUT2D eigenvalue weighted by Crippen LogP contribution is 2.22. The van der Waals surface area contributed by atoms with Gasteiger partial charge in [0, 0.05) is 18.3 Å². The van der Waals surface area contributed by atoms with Gasteiger partial charge in [-0.3, -0.25) is 9.59 Å². The van der Waals surface area contributed by atoms with Crippen LogP contribution in [0.1, 0.15) is 209 Å². The normalized spacial score (nSPS) is 15.2. The zero-order valence-electron chi connectivity index (χ0n) is 29.1. The Balaban J connectivity index is -0.000000523. The van der Waals surface area contributed by atoms with Gasteiger partial charge >= 0.3 is 0 Å². The lowest BCUT2D eigenvalue weighted by atomic mass is 9.97. The molecule has 1 unspecified atom stereocenters. The predicted octanol–water partition coefficient (Wildman–Crippen LogP) is 12.8. The zero-order chi connectivity index (χ0) is 31.6. The summed E-state index contributed by atoms with van der Waals surface area (Å²) in [5, 5.41) is 8.58. The SMILES string of the molecule is CCCC.CCCCC(C)O.CCCCCCCCCCCC(=O)C(C)C.O=C(Cl)C1CCCCCCCCCC1. The van der Waals surface area contributed by atoms with Crippen LogP contribution in [0.15, 0.2) is 0 Å². The molecule has 0 aromatic heterocycles. The van der Waals surface area contributed by atoms with E-state index >= 15 is 0 Å². The maximum Gasteiger partial charge on any atom is 0.224 e. The summed E-state index contributed by atoms with van der Waals surface area (Å²) in [5.41, 5.74) is 0. The van der Waals surface area contributed by atoms with Crippen LogP contribution in [0.5, 0.6) is 0 Å². The van der Waals surface area contributed by atoms with Gasteiger partial charge in [-0.2, -0.15) is 0 Å². The average molecular weight is 603 g/mol. The third kappa shape index (κ3) is 41.8. The van der Waals surface area contributed by atoms with Crippen LogP contribution in [0.4, 0.5) is 0 Å². The molecule has 1 aliphatic rings. The quantitative estimate of drug-likeness (QED) is 0.141. The Morgan fingerprint density at radius 2 is 1.00 bits per heavy atom. The maximum atomic E-state index is 11.3. The summed E-state index contributed by atoms with van der Waals surface area (Å²) in [6.45, 7) is 14.6. The molecule has 0 aromatic carbocycles. The monoisotopic (exact) mass is 603 g/mol. The summed E-state index contributed by atoms with van der Waals surface area (Å²) < 4.78 is 0. The summed E-state index contributed by atoms with van der Waals surface area (Å²) in [7, 11) is 0. The molecule has 41 heavy (non-hydrogen) atoms. The largest absolute Gasteiger partial charge is 0.393 e. The maximum absolute atomic E-state index is 11.3. The molecule has 0 spiro atoms. The van der Waals surface area contributed by atoms with Crippen LogP contribution in [-0.2, 0) is 9.59 Å². The van der Waals surface area contributed by atoms with E-state index in [-0.39, 0.29) is 23.2 Å². The standard InChI is InChI=1S/C15H30O.C12H21ClO.C6H14O.C4H10/c1-4-5-6-7-8-9-10-11-12-13-15(16)14(2)3;13-12(14)11-9-7-5-3-1-2-4-6-8-10-11;1-3-4-5-6(2)7;1-3-4-2/h14H,4-13H2,1-3H3;11H,1-10H2;6-7H,3-5H2,1-2H3;3-4H2,1-2H3. The van der Waals surface area contributed by atoms with Crippen LogP contribution >= 0.6 is 11.6 Å². The van der Waals surface area contributed by atoms with E-state index in [2.05, 4.69) is 27.7 Å². The minimum absolute atomic E-state index is 0.0973. The van der Waals surface area contributed by atoms with Crippen molar-refractivity contribution in [1.29, 1.82) is 0 Å². The van der Waals surface area contributed by atoms with Crippen molar-refractivity contribution in [3.8, 4) is 0 Å². The zero-order valence-corrected chi connectivity index (χ0v) is 29.8. The molecule has 1 fully saturated rings. The summed E-state index contributed by atoms with van der Waals surface area (Å²) in [6.07, 6.45) is 30.9. The molecule has 1 atom stereocenters. The molecule has 0 aliphatic heterocycles. The molecule has 248 valence electrons. The van der Waals surface area contributed by atoms with E-state index < -0.39 is 0 Å². The van der Waals surface area contributed by atoms with Crippen molar-refractivity contribution in [2.24, 2.45) is 11.8 Å². The molecule has 0 bridgehead atoms. The van der Waals surface area contributed by atoms with Gasteiger partial charge in [-0.15, -0.1) is 0 Å². The first-order valence-electron chi connectivity index (χ1n) is 18.1. The topological polar surface area (TPSA) is 54.4 Å². The number of Topliss-reactive ketones (excluding diaryl/α,β-unsaturated/α-hetero) is 1. The number of carbonyl (C=O) groups is 2. The average Bonchev–Trinajstić information content (AvgIpc) is 3.01. The Hall–Kier alpha value is -0.410. The summed E-state index contributed by atoms with van der Waals surface area (Å²) in [5.74, 6) is 0.812. The molecular weight excluding hydrogens is 528 g/mol. The van der Waals surface area contributed by atoms with Gasteiger partial charge in [0.15, 0.2) is 0 Å². The lowest BCUT2D eigenvalue weighted by molar-refractivity contribution is -0.122. The Labute approximate surface area is 263 Å². The number of carbonyl (C=O) groups excluding carboxylic acids is 2. The van der Waals surface area contributed by atoms with Crippen LogP contribution in [0, 0.1) is 11.8 Å². The molecule has 4 heteroatoms. The third-order valence-corrected chi connectivity index (χ3v) is 8.13. The Kier molecular flexibility index (Phi) is 41.3. The lowest BCUT2D eigenvalue weighted by Gasteiger charge is -2.10. The van der Waals surface area contributed by atoms with Gasteiger partial charge in [-0.25, -0.2) is 0 Å². The van der Waals surface area contributed by atoms with Crippen molar-refractivity contribution >= 4 is 22.6 Å². The molecule has 0 saturated heterocycles. The van der Waals surface area contributed by atoms with Gasteiger partial charge in [0.05, 0.1) is 6.10 Å². The number of ketones is 1. The van der Waals surface area contributed by atoms with Crippen molar-refractivity contribution in [1.82, 2.24) is 0 Å². The van der Waals surface area contributed by atoms with Gasteiger partial charge in [-0.05, 0) is 44.2 Å². The number of aliphatic hydroxyl groups is 1. The Morgan fingerprint density at radius 3 is 1.32 bits per heavy atom. The number of hydrogen-bond donors (Lipinski definition) is 1. The summed E-state index contributed by atoms with van der Waals surface area (Å²) in [6, 6.07) is 0. The smallest absolute Gasteiger partial charge is 0.224 e. The van der Waals surface area contributed by atoms with E-state index in [0.29, 0.717) is 5.78 Å². The first-order chi connectivity index (χ1) is 19.7. The van der Waals surface area contributed by atoms with E-state index in [1.54, 1.807) is 0 Å². The summed E-state index contributed by atoms with van der Waals surface area (Å²) in [4.78, 5) is 22.5. The van der Waals surface area contributed by atoms with Gasteiger partial charge in [0.25, 0.3) is 0 Å². The highest BCUT2D eigenvalue weighted by molar-refractivity contribution is 6.63. The van der Waals surface area contributed by atoms with Gasteiger partial charge in [0.2, 0.25) is 5.24 Å². The number of hydrogen-bond acceptors (Lipinski definition) is 3. The van der Waals surface area contributed by atoms with E-state index in [0.717, 1.165) is 38.5 Å². The number of rotatable bonds is 16. The molecule has 1 N–H and O–H groups in total. The van der Waals surface area contributed by atoms with Gasteiger partial charge in [0.1, 0.15) is 5.78 Å². The number of aliphatic hydroxyl groups excluding tert-OH is 1. The Bertz CT molecular complexity index is 504. The second kappa shape index (κ2) is 37.6. The fourth-order valence-corrected chi connectivity index (χ4v) is 4.83. The third-order valence-electron chi connectivity index (χ3n) is 7.82. The Morgan fingerprint density at radius 1 is 0.610 bits per heavy atom. The van der Waals surface area contributed by atoms with E-state index in [9.17, 15) is 9.59 Å². The molecule has 0 aromatic rings. The van der Waals surface area contributed by atoms with Crippen molar-refractivity contribution in [3.63, 3.8) is 0 Å². The van der Waals surface area contributed by atoms with Crippen LogP contribution in [0.25, 0.3) is 0 Å². The first kappa shape index (κ1) is 45.0. The second-order valence-electron chi connectivity index (χ2n) is 12.6. The minimum Gasteiger partial charge on any atom is -0.393 e. The van der Waals surface area contributed by atoms with E-state index in [1.165, 1.54) is 122 Å². The molecule has 3 nitrogen and oxygen atoms in total. The predicted molar refractivity (Wildman–Crippen MR) is 184 cm³/mol. The van der Waals surface area contributed by atoms with E-state index in [4.69, 9.17) is 16.7 Å². The lowest BCUT2D eigenvalue weighted by Crippen LogP contribution is -2.08. The van der Waals surface area contributed by atoms with Crippen LogP contribution in [-0.4, -0.2) is 22.2 Å². The first-order valence-corrected chi connectivity index (χ1v) is 18.4. The van der Waals surface area contributed by atoms with Gasteiger partial charge < -0.3 is 5.11 Å².